The first-order valence-electron chi connectivity index (χ1n) is 5.65. The van der Waals surface area contributed by atoms with Gasteiger partial charge >= 0.3 is 0 Å². The average molecular weight is 248 g/mol. The summed E-state index contributed by atoms with van der Waals surface area (Å²) in [5, 5.41) is 5.32. The van der Waals surface area contributed by atoms with E-state index in [-0.39, 0.29) is 18.4 Å². The number of benzene rings is 1. The number of amides is 2. The first kappa shape index (κ1) is 12.2. The second kappa shape index (κ2) is 4.56. The molecule has 0 saturated heterocycles. The maximum atomic E-state index is 11.3. The molecular weight excluding hydrogens is 232 g/mol. The van der Waals surface area contributed by atoms with E-state index in [2.05, 4.69) is 10.6 Å². The molecule has 0 aromatic heterocycles. The molecule has 0 aliphatic carbocycles. The van der Waals surface area contributed by atoms with Crippen LogP contribution >= 0.6 is 0 Å². The Balaban J connectivity index is 2.26. The van der Waals surface area contributed by atoms with Crippen LogP contribution < -0.4 is 21.3 Å². The summed E-state index contributed by atoms with van der Waals surface area (Å²) in [5.41, 5.74) is 8.92. The van der Waals surface area contributed by atoms with Crippen molar-refractivity contribution in [2.75, 3.05) is 36.6 Å². The molecule has 2 amide bonds. The zero-order valence-electron chi connectivity index (χ0n) is 10.4. The molecule has 4 N–H and O–H groups in total. The highest BCUT2D eigenvalue weighted by Gasteiger charge is 2.20. The SMILES string of the molecule is CNC(=O)CN(C)c1cc2c(cc1N)CC(=O)N2. The third-order valence-electron chi connectivity index (χ3n) is 2.95. The number of carbonyl (C=O) groups excluding carboxylic acids is 2. The van der Waals surface area contributed by atoms with Gasteiger partial charge in [-0.05, 0) is 17.7 Å². The van der Waals surface area contributed by atoms with Crippen LogP contribution in [0, 0.1) is 0 Å². The predicted octanol–water partition coefficient (Wildman–Crippen LogP) is -0.0544. The summed E-state index contributed by atoms with van der Waals surface area (Å²) in [4.78, 5) is 24.4. The second-order valence-corrected chi connectivity index (χ2v) is 4.32. The van der Waals surface area contributed by atoms with Gasteiger partial charge in [0.15, 0.2) is 0 Å². The Bertz CT molecular complexity index is 513. The number of carbonyl (C=O) groups is 2. The van der Waals surface area contributed by atoms with Crippen LogP contribution in [-0.2, 0) is 16.0 Å². The van der Waals surface area contributed by atoms with Gasteiger partial charge in [0, 0.05) is 19.8 Å². The number of nitrogen functional groups attached to an aromatic ring is 1. The van der Waals surface area contributed by atoms with E-state index in [1.165, 1.54) is 0 Å². The van der Waals surface area contributed by atoms with Gasteiger partial charge in [-0.3, -0.25) is 9.59 Å². The average Bonchev–Trinajstić information content (AvgIpc) is 2.66. The molecule has 0 bridgehead atoms. The molecule has 0 atom stereocenters. The lowest BCUT2D eigenvalue weighted by molar-refractivity contribution is -0.119. The fraction of sp³-hybridized carbons (Fsp3) is 0.333. The fourth-order valence-electron chi connectivity index (χ4n) is 1.99. The van der Waals surface area contributed by atoms with Gasteiger partial charge in [-0.15, -0.1) is 0 Å². The topological polar surface area (TPSA) is 87.5 Å². The molecule has 6 nitrogen and oxygen atoms in total. The molecule has 1 aromatic carbocycles. The minimum absolute atomic E-state index is 0.0319. The van der Waals surface area contributed by atoms with Gasteiger partial charge in [0.25, 0.3) is 0 Å². The van der Waals surface area contributed by atoms with Crippen LogP contribution in [0.5, 0.6) is 0 Å². The maximum absolute atomic E-state index is 11.3. The largest absolute Gasteiger partial charge is 0.397 e. The summed E-state index contributed by atoms with van der Waals surface area (Å²) >= 11 is 0. The fourth-order valence-corrected chi connectivity index (χ4v) is 1.99. The van der Waals surface area contributed by atoms with Gasteiger partial charge in [-0.1, -0.05) is 0 Å². The molecule has 0 fully saturated rings. The minimum Gasteiger partial charge on any atom is -0.397 e. The molecule has 1 heterocycles. The van der Waals surface area contributed by atoms with Crippen molar-refractivity contribution in [3.63, 3.8) is 0 Å². The lowest BCUT2D eigenvalue weighted by Crippen LogP contribution is -2.33. The van der Waals surface area contributed by atoms with Crippen molar-refractivity contribution in [1.82, 2.24) is 5.32 Å². The van der Waals surface area contributed by atoms with E-state index in [1.807, 2.05) is 0 Å². The van der Waals surface area contributed by atoms with Crippen molar-refractivity contribution in [3.8, 4) is 0 Å². The number of nitrogens with zero attached hydrogens (tertiary/aromatic N) is 1. The van der Waals surface area contributed by atoms with Crippen molar-refractivity contribution in [3.05, 3.63) is 17.7 Å². The smallest absolute Gasteiger partial charge is 0.239 e. The number of nitrogens with two attached hydrogens (primary N) is 1. The van der Waals surface area contributed by atoms with E-state index in [9.17, 15) is 9.59 Å². The molecule has 1 aromatic rings. The summed E-state index contributed by atoms with van der Waals surface area (Å²) in [6.07, 6.45) is 0.360. The zero-order chi connectivity index (χ0) is 13.3. The molecule has 18 heavy (non-hydrogen) atoms. The number of hydrogen-bond donors (Lipinski definition) is 3. The van der Waals surface area contributed by atoms with Gasteiger partial charge in [0.05, 0.1) is 24.3 Å². The number of fused-ring (bicyclic) bond motifs is 1. The first-order valence-corrected chi connectivity index (χ1v) is 5.65. The van der Waals surface area contributed by atoms with Gasteiger partial charge < -0.3 is 21.3 Å². The number of rotatable bonds is 3. The van der Waals surface area contributed by atoms with Crippen molar-refractivity contribution in [2.45, 2.75) is 6.42 Å². The van der Waals surface area contributed by atoms with Crippen LogP contribution in [0.4, 0.5) is 17.1 Å². The van der Waals surface area contributed by atoms with Crippen LogP contribution in [0.1, 0.15) is 5.56 Å². The molecule has 1 aliphatic rings. The summed E-state index contributed by atoms with van der Waals surface area (Å²) in [6, 6.07) is 3.58. The van der Waals surface area contributed by atoms with E-state index in [0.717, 1.165) is 16.9 Å². The van der Waals surface area contributed by atoms with Gasteiger partial charge in [0.1, 0.15) is 0 Å². The third kappa shape index (κ3) is 2.22. The molecule has 6 heteroatoms. The van der Waals surface area contributed by atoms with Gasteiger partial charge in [0.2, 0.25) is 11.8 Å². The number of likely N-dealkylation sites (N-methyl/N-ethyl adjacent to an activating group) is 2. The molecule has 0 saturated carbocycles. The highest BCUT2D eigenvalue weighted by molar-refractivity contribution is 6.01. The Hall–Kier alpha value is -2.24. The van der Waals surface area contributed by atoms with Crippen molar-refractivity contribution in [1.29, 1.82) is 0 Å². The van der Waals surface area contributed by atoms with Crippen molar-refractivity contribution < 1.29 is 9.59 Å². The number of hydrogen-bond acceptors (Lipinski definition) is 4. The Morgan fingerprint density at radius 3 is 2.94 bits per heavy atom. The second-order valence-electron chi connectivity index (χ2n) is 4.32. The molecule has 0 radical (unpaired) electrons. The van der Waals surface area contributed by atoms with Crippen molar-refractivity contribution >= 4 is 28.9 Å². The lowest BCUT2D eigenvalue weighted by atomic mass is 10.1. The monoisotopic (exact) mass is 248 g/mol. The lowest BCUT2D eigenvalue weighted by Gasteiger charge is -2.21. The molecule has 96 valence electrons. The zero-order valence-corrected chi connectivity index (χ0v) is 10.4. The Labute approximate surface area is 105 Å². The van der Waals surface area contributed by atoms with Crippen LogP contribution in [0.2, 0.25) is 0 Å². The molecule has 0 unspecified atom stereocenters. The van der Waals surface area contributed by atoms with E-state index >= 15 is 0 Å². The van der Waals surface area contributed by atoms with Crippen LogP contribution in [0.25, 0.3) is 0 Å². The third-order valence-corrected chi connectivity index (χ3v) is 2.95. The minimum atomic E-state index is -0.0959. The van der Waals surface area contributed by atoms with E-state index in [1.54, 1.807) is 31.1 Å². The first-order chi connectivity index (χ1) is 8.51. The van der Waals surface area contributed by atoms with Crippen LogP contribution in [0.15, 0.2) is 12.1 Å². The Morgan fingerprint density at radius 2 is 2.28 bits per heavy atom. The maximum Gasteiger partial charge on any atom is 0.239 e. The van der Waals surface area contributed by atoms with E-state index < -0.39 is 0 Å². The van der Waals surface area contributed by atoms with Crippen LogP contribution in [-0.4, -0.2) is 32.5 Å². The Morgan fingerprint density at radius 1 is 1.56 bits per heavy atom. The summed E-state index contributed by atoms with van der Waals surface area (Å²) in [7, 11) is 3.37. The van der Waals surface area contributed by atoms with Gasteiger partial charge in [-0.25, -0.2) is 0 Å². The summed E-state index contributed by atoms with van der Waals surface area (Å²) in [5.74, 6) is -0.128. The molecule has 0 spiro atoms. The summed E-state index contributed by atoms with van der Waals surface area (Å²) < 4.78 is 0. The predicted molar refractivity (Wildman–Crippen MR) is 70.5 cm³/mol. The Kier molecular flexibility index (Phi) is 3.10. The van der Waals surface area contributed by atoms with Gasteiger partial charge in [-0.2, -0.15) is 0 Å². The normalized spacial score (nSPS) is 12.9. The number of nitrogens with one attached hydrogen (secondary N) is 2. The summed E-state index contributed by atoms with van der Waals surface area (Å²) in [6.45, 7) is 0.216. The standard InChI is InChI=1S/C12H16N4O2/c1-14-12(18)6-16(2)10-5-9-7(3-8(10)13)4-11(17)15-9/h3,5H,4,6,13H2,1-2H3,(H,14,18)(H,15,17). The molecular formula is C12H16N4O2. The molecule has 2 rings (SSSR count). The number of anilines is 3. The quantitative estimate of drug-likeness (QED) is 0.654. The van der Waals surface area contributed by atoms with Crippen molar-refractivity contribution in [2.24, 2.45) is 0 Å². The highest BCUT2D eigenvalue weighted by Crippen LogP contribution is 2.33. The highest BCUT2D eigenvalue weighted by atomic mass is 16.2. The van der Waals surface area contributed by atoms with Crippen LogP contribution in [0.3, 0.4) is 0 Å². The molecule has 1 aliphatic heterocycles. The van der Waals surface area contributed by atoms with E-state index in [0.29, 0.717) is 12.1 Å². The van der Waals surface area contributed by atoms with E-state index in [4.69, 9.17) is 5.73 Å².